The van der Waals surface area contributed by atoms with Crippen molar-refractivity contribution in [2.45, 2.75) is 6.18 Å². The van der Waals surface area contributed by atoms with E-state index in [1.165, 1.54) is 16.6 Å². The summed E-state index contributed by atoms with van der Waals surface area (Å²) in [5.41, 5.74) is 6.74. The van der Waals surface area contributed by atoms with Crippen molar-refractivity contribution >= 4 is 22.7 Å². The van der Waals surface area contributed by atoms with Gasteiger partial charge in [-0.15, -0.1) is 5.10 Å². The van der Waals surface area contributed by atoms with Crippen LogP contribution in [0.5, 0.6) is 0 Å². The Morgan fingerprint density at radius 2 is 1.93 bits per heavy atom. The van der Waals surface area contributed by atoms with Crippen LogP contribution < -0.4 is 11.1 Å². The molecule has 3 N–H and O–H groups in total. The minimum Gasteiger partial charge on any atom is -0.397 e. The van der Waals surface area contributed by atoms with Gasteiger partial charge < -0.3 is 11.1 Å². The maximum atomic E-state index is 13.0. The third kappa shape index (κ3) is 3.72. The van der Waals surface area contributed by atoms with E-state index >= 15 is 0 Å². The van der Waals surface area contributed by atoms with Crippen molar-refractivity contribution in [3.05, 3.63) is 72.8 Å². The summed E-state index contributed by atoms with van der Waals surface area (Å²) in [6.45, 7) is 3.65. The summed E-state index contributed by atoms with van der Waals surface area (Å²) < 4.78 is 40.5. The van der Waals surface area contributed by atoms with Gasteiger partial charge in [0.05, 0.1) is 11.4 Å². The van der Waals surface area contributed by atoms with Gasteiger partial charge in [-0.1, -0.05) is 12.6 Å². The van der Waals surface area contributed by atoms with Crippen LogP contribution >= 0.6 is 0 Å². The lowest BCUT2D eigenvalue weighted by molar-refractivity contribution is -0.141. The quantitative estimate of drug-likeness (QED) is 0.543. The van der Waals surface area contributed by atoms with Crippen LogP contribution in [0.2, 0.25) is 0 Å². The minimum absolute atomic E-state index is 0.00392. The molecular formula is C19H14F3N7. The fourth-order valence-corrected chi connectivity index (χ4v) is 2.67. The average Bonchev–Trinajstić information content (AvgIpc) is 3.16. The lowest BCUT2D eigenvalue weighted by atomic mass is 10.2. The molecule has 7 nitrogen and oxygen atoms in total. The Kier molecular flexibility index (Phi) is 4.38. The molecule has 0 fully saturated rings. The standard InChI is InChI=1S/C19H14F3N7/c1-11(23)14-10-12(7-8-24-14)25-18-15-5-3-9-29(15)28-17(27-18)13-4-2-6-16(26-13)19(20,21)22/h2-10H,1,23H2,(H,24,25,27,28). The van der Waals surface area contributed by atoms with Crippen LogP contribution in [0.4, 0.5) is 24.7 Å². The van der Waals surface area contributed by atoms with Crippen LogP contribution in [0.15, 0.2) is 61.4 Å². The van der Waals surface area contributed by atoms with Crippen LogP contribution in [-0.2, 0) is 6.18 Å². The number of pyridine rings is 2. The molecule has 0 aliphatic carbocycles. The summed E-state index contributed by atoms with van der Waals surface area (Å²) in [5, 5.41) is 7.39. The Balaban J connectivity index is 1.79. The number of hydrogen-bond donors (Lipinski definition) is 2. The van der Waals surface area contributed by atoms with Crippen molar-refractivity contribution < 1.29 is 13.2 Å². The number of nitrogens with two attached hydrogens (primary N) is 1. The van der Waals surface area contributed by atoms with E-state index < -0.39 is 11.9 Å². The number of alkyl halides is 3. The van der Waals surface area contributed by atoms with Gasteiger partial charge in [0.1, 0.15) is 16.9 Å². The van der Waals surface area contributed by atoms with Crippen LogP contribution in [0.3, 0.4) is 0 Å². The fraction of sp³-hybridized carbons (Fsp3) is 0.0526. The predicted molar refractivity (Wildman–Crippen MR) is 102 cm³/mol. The van der Waals surface area contributed by atoms with Gasteiger partial charge in [0.25, 0.3) is 0 Å². The zero-order valence-corrected chi connectivity index (χ0v) is 14.9. The zero-order valence-electron chi connectivity index (χ0n) is 14.9. The number of hydrogen-bond acceptors (Lipinski definition) is 6. The van der Waals surface area contributed by atoms with Gasteiger partial charge in [0.2, 0.25) is 5.82 Å². The Morgan fingerprint density at radius 3 is 2.69 bits per heavy atom. The molecule has 146 valence electrons. The average molecular weight is 397 g/mol. The highest BCUT2D eigenvalue weighted by molar-refractivity contribution is 5.75. The van der Waals surface area contributed by atoms with Gasteiger partial charge in [-0.3, -0.25) is 4.98 Å². The molecule has 0 amide bonds. The van der Waals surface area contributed by atoms with Crippen molar-refractivity contribution in [2.24, 2.45) is 5.73 Å². The first-order valence-electron chi connectivity index (χ1n) is 8.39. The molecule has 0 bridgehead atoms. The highest BCUT2D eigenvalue weighted by atomic mass is 19.4. The van der Waals surface area contributed by atoms with E-state index in [9.17, 15) is 13.2 Å². The van der Waals surface area contributed by atoms with E-state index in [0.29, 0.717) is 28.4 Å². The van der Waals surface area contributed by atoms with E-state index in [0.717, 1.165) is 6.07 Å². The molecule has 0 saturated heterocycles. The molecule has 4 aromatic heterocycles. The SMILES string of the molecule is C=C(N)c1cc(Nc2nc(-c3cccc(C(F)(F)F)n3)nn3cccc23)ccn1. The molecule has 0 aromatic carbocycles. The summed E-state index contributed by atoms with van der Waals surface area (Å²) in [6, 6.07) is 10.5. The van der Waals surface area contributed by atoms with Crippen LogP contribution in [-0.4, -0.2) is 24.6 Å². The molecule has 0 aliphatic rings. The number of anilines is 2. The third-order valence-electron chi connectivity index (χ3n) is 4.01. The van der Waals surface area contributed by atoms with Gasteiger partial charge in [-0.2, -0.15) is 13.2 Å². The smallest absolute Gasteiger partial charge is 0.397 e. The van der Waals surface area contributed by atoms with Crippen molar-refractivity contribution in [1.82, 2.24) is 24.6 Å². The molecule has 4 aromatic rings. The number of halogens is 3. The normalized spacial score (nSPS) is 11.6. The molecule has 0 spiro atoms. The molecule has 0 unspecified atom stereocenters. The summed E-state index contributed by atoms with van der Waals surface area (Å²) in [7, 11) is 0. The maximum Gasteiger partial charge on any atom is 0.433 e. The molecule has 0 radical (unpaired) electrons. The molecule has 0 saturated carbocycles. The lowest BCUT2D eigenvalue weighted by Gasteiger charge is -2.11. The van der Waals surface area contributed by atoms with E-state index in [2.05, 4.69) is 31.9 Å². The first-order valence-corrected chi connectivity index (χ1v) is 8.39. The third-order valence-corrected chi connectivity index (χ3v) is 4.01. The monoisotopic (exact) mass is 397 g/mol. The van der Waals surface area contributed by atoms with Crippen molar-refractivity contribution in [3.63, 3.8) is 0 Å². The summed E-state index contributed by atoms with van der Waals surface area (Å²) in [4.78, 5) is 12.2. The number of fused-ring (bicyclic) bond motifs is 1. The van der Waals surface area contributed by atoms with Crippen LogP contribution in [0, 0.1) is 0 Å². The van der Waals surface area contributed by atoms with Gasteiger partial charge >= 0.3 is 6.18 Å². The Hall–Kier alpha value is -3.95. The number of rotatable bonds is 4. The van der Waals surface area contributed by atoms with Crippen LogP contribution in [0.1, 0.15) is 11.4 Å². The van der Waals surface area contributed by atoms with Gasteiger partial charge in [0.15, 0.2) is 5.82 Å². The topological polar surface area (TPSA) is 94.0 Å². The number of nitrogens with one attached hydrogen (secondary N) is 1. The summed E-state index contributed by atoms with van der Waals surface area (Å²) in [5.74, 6) is 0.429. The molecule has 29 heavy (non-hydrogen) atoms. The van der Waals surface area contributed by atoms with Gasteiger partial charge in [-0.25, -0.2) is 14.5 Å². The molecule has 4 heterocycles. The summed E-state index contributed by atoms with van der Waals surface area (Å²) >= 11 is 0. The maximum absolute atomic E-state index is 13.0. The molecule has 10 heteroatoms. The van der Waals surface area contributed by atoms with E-state index in [1.807, 2.05) is 0 Å². The lowest BCUT2D eigenvalue weighted by Crippen LogP contribution is -2.09. The van der Waals surface area contributed by atoms with E-state index in [1.54, 1.807) is 36.7 Å². The van der Waals surface area contributed by atoms with E-state index in [4.69, 9.17) is 5.73 Å². The van der Waals surface area contributed by atoms with Crippen molar-refractivity contribution in [2.75, 3.05) is 5.32 Å². The molecule has 0 atom stereocenters. The number of aromatic nitrogens is 5. The summed E-state index contributed by atoms with van der Waals surface area (Å²) in [6.07, 6.45) is -1.34. The van der Waals surface area contributed by atoms with Gasteiger partial charge in [0, 0.05) is 18.1 Å². The zero-order chi connectivity index (χ0) is 20.6. The highest BCUT2D eigenvalue weighted by Gasteiger charge is 2.32. The fourth-order valence-electron chi connectivity index (χ4n) is 2.67. The van der Waals surface area contributed by atoms with Crippen molar-refractivity contribution in [3.8, 4) is 11.5 Å². The first kappa shape index (κ1) is 18.4. The van der Waals surface area contributed by atoms with Crippen molar-refractivity contribution in [1.29, 1.82) is 0 Å². The van der Waals surface area contributed by atoms with E-state index in [-0.39, 0.29) is 11.5 Å². The minimum atomic E-state index is -4.56. The predicted octanol–water partition coefficient (Wildman–Crippen LogP) is 3.88. The Labute approximate surface area is 162 Å². The second-order valence-electron chi connectivity index (χ2n) is 6.11. The Bertz CT molecular complexity index is 1210. The Morgan fingerprint density at radius 1 is 1.10 bits per heavy atom. The number of nitrogens with zero attached hydrogens (tertiary/aromatic N) is 5. The molecule has 0 aliphatic heterocycles. The molecule has 4 rings (SSSR count). The second kappa shape index (κ2) is 6.89. The first-order chi connectivity index (χ1) is 13.8. The molecular weight excluding hydrogens is 383 g/mol. The van der Waals surface area contributed by atoms with Crippen LogP contribution in [0.25, 0.3) is 22.7 Å². The van der Waals surface area contributed by atoms with Gasteiger partial charge in [-0.05, 0) is 36.4 Å². The largest absolute Gasteiger partial charge is 0.433 e. The highest BCUT2D eigenvalue weighted by Crippen LogP contribution is 2.29. The second-order valence-corrected chi connectivity index (χ2v) is 6.11.